The van der Waals surface area contributed by atoms with E-state index < -0.39 is 0 Å². The Morgan fingerprint density at radius 2 is 1.50 bits per heavy atom. The largest absolute Gasteiger partial charge is 0.504 e. The molecule has 0 aliphatic rings. The van der Waals surface area contributed by atoms with Gasteiger partial charge in [0.1, 0.15) is 0 Å². The Hall–Kier alpha value is -3.93. The number of phenols is 1. The summed E-state index contributed by atoms with van der Waals surface area (Å²) in [5, 5.41) is 18.3. The Kier molecular flexibility index (Phi) is 5.30. The number of nitrogens with zero attached hydrogens (tertiary/aromatic N) is 1. The Labute approximate surface area is 174 Å². The Bertz CT molecular complexity index is 1230. The molecule has 0 aliphatic heterocycles. The van der Waals surface area contributed by atoms with E-state index in [0.717, 1.165) is 33.3 Å². The molecule has 0 saturated heterocycles. The van der Waals surface area contributed by atoms with Crippen molar-refractivity contribution >= 4 is 23.1 Å². The third kappa shape index (κ3) is 3.67. The van der Waals surface area contributed by atoms with Gasteiger partial charge >= 0.3 is 0 Å². The van der Waals surface area contributed by atoms with Crippen LogP contribution in [0.5, 0.6) is 23.0 Å². The van der Waals surface area contributed by atoms with Crippen molar-refractivity contribution in [2.45, 2.75) is 0 Å². The second kappa shape index (κ2) is 8.21. The zero-order chi connectivity index (χ0) is 21.1. The molecule has 1 aromatic heterocycles. The van der Waals surface area contributed by atoms with Crippen molar-refractivity contribution in [3.63, 3.8) is 0 Å². The monoisotopic (exact) mass is 402 g/mol. The predicted molar refractivity (Wildman–Crippen MR) is 118 cm³/mol. The van der Waals surface area contributed by atoms with Gasteiger partial charge in [0, 0.05) is 5.39 Å². The van der Waals surface area contributed by atoms with Crippen LogP contribution in [0, 0.1) is 0 Å². The number of hydrogen-bond donors (Lipinski definition) is 2. The van der Waals surface area contributed by atoms with Gasteiger partial charge in [0.2, 0.25) is 0 Å². The molecule has 0 bridgehead atoms. The van der Waals surface area contributed by atoms with E-state index in [1.165, 1.54) is 7.11 Å². The summed E-state index contributed by atoms with van der Waals surface area (Å²) in [7, 11) is 4.77. The molecule has 1 heterocycles. The summed E-state index contributed by atoms with van der Waals surface area (Å²) in [6.07, 6.45) is 3.94. The molecule has 30 heavy (non-hydrogen) atoms. The normalized spacial score (nSPS) is 11.2. The molecule has 6 nitrogen and oxygen atoms in total. The van der Waals surface area contributed by atoms with E-state index in [1.807, 2.05) is 60.7 Å². The van der Waals surface area contributed by atoms with Gasteiger partial charge in [-0.1, -0.05) is 24.3 Å². The number of ether oxygens (including phenoxy) is 3. The molecule has 4 rings (SSSR count). The second-order valence-corrected chi connectivity index (χ2v) is 6.70. The molecule has 0 aliphatic carbocycles. The number of fused-ring (bicyclic) bond motifs is 1. The number of methoxy groups -OCH3 is 3. The van der Waals surface area contributed by atoms with Crippen LogP contribution in [0.3, 0.4) is 0 Å². The van der Waals surface area contributed by atoms with Gasteiger partial charge in [-0.25, -0.2) is 0 Å². The molecular weight excluding hydrogens is 380 g/mol. The molecule has 3 aromatic carbocycles. The van der Waals surface area contributed by atoms with Gasteiger partial charge in [0.25, 0.3) is 0 Å². The fourth-order valence-electron chi connectivity index (χ4n) is 3.34. The van der Waals surface area contributed by atoms with Crippen LogP contribution in [0.15, 0.2) is 54.6 Å². The molecule has 0 atom stereocenters. The number of rotatable bonds is 6. The molecule has 0 radical (unpaired) electrons. The van der Waals surface area contributed by atoms with Gasteiger partial charge in [-0.2, -0.15) is 5.10 Å². The highest BCUT2D eigenvalue weighted by atomic mass is 16.5. The summed E-state index contributed by atoms with van der Waals surface area (Å²) >= 11 is 0. The Morgan fingerprint density at radius 1 is 0.767 bits per heavy atom. The predicted octanol–water partition coefficient (Wildman–Crippen LogP) is 5.13. The molecule has 6 heteroatoms. The van der Waals surface area contributed by atoms with E-state index >= 15 is 0 Å². The van der Waals surface area contributed by atoms with Crippen LogP contribution in [0.4, 0.5) is 0 Å². The molecule has 0 fully saturated rings. The lowest BCUT2D eigenvalue weighted by Gasteiger charge is -2.07. The molecule has 0 unspecified atom stereocenters. The second-order valence-electron chi connectivity index (χ2n) is 6.70. The number of aromatic nitrogens is 2. The van der Waals surface area contributed by atoms with Gasteiger partial charge in [0.15, 0.2) is 23.0 Å². The molecule has 2 N–H and O–H groups in total. The Morgan fingerprint density at radius 3 is 2.27 bits per heavy atom. The van der Waals surface area contributed by atoms with Crippen LogP contribution in [-0.2, 0) is 0 Å². The minimum atomic E-state index is 0.117. The topological polar surface area (TPSA) is 76.6 Å². The van der Waals surface area contributed by atoms with E-state index in [9.17, 15) is 5.11 Å². The maximum Gasteiger partial charge on any atom is 0.161 e. The average molecular weight is 402 g/mol. The van der Waals surface area contributed by atoms with E-state index in [1.54, 1.807) is 20.3 Å². The zero-order valence-electron chi connectivity index (χ0n) is 17.0. The lowest BCUT2D eigenvalue weighted by molar-refractivity contribution is 0.355. The number of benzene rings is 3. The number of aromatic amines is 1. The maximum atomic E-state index is 9.81. The van der Waals surface area contributed by atoms with Gasteiger partial charge in [-0.3, -0.25) is 5.10 Å². The quantitative estimate of drug-likeness (QED) is 0.467. The van der Waals surface area contributed by atoms with Crippen molar-refractivity contribution in [1.29, 1.82) is 0 Å². The van der Waals surface area contributed by atoms with Crippen LogP contribution in [-0.4, -0.2) is 36.6 Å². The first-order valence-corrected chi connectivity index (χ1v) is 9.38. The molecule has 4 aromatic rings. The fraction of sp³-hybridized carbons (Fsp3) is 0.125. The van der Waals surface area contributed by atoms with Gasteiger partial charge in [-0.05, 0) is 59.2 Å². The highest BCUT2D eigenvalue weighted by Gasteiger charge is 2.09. The summed E-state index contributed by atoms with van der Waals surface area (Å²) < 4.78 is 15.8. The molecule has 152 valence electrons. The lowest BCUT2D eigenvalue weighted by atomic mass is 10.0. The minimum absolute atomic E-state index is 0.117. The molecule has 0 amide bonds. The summed E-state index contributed by atoms with van der Waals surface area (Å²) in [6, 6.07) is 17.1. The SMILES string of the molecule is COc1cc(-c2ccc3c(/C=C/c4ccc(OC)c(OC)c4)n[nH]c3c2)ccc1O. The highest BCUT2D eigenvalue weighted by Crippen LogP contribution is 2.33. The van der Waals surface area contributed by atoms with Gasteiger partial charge in [0.05, 0.1) is 32.5 Å². The van der Waals surface area contributed by atoms with Crippen molar-refractivity contribution in [2.75, 3.05) is 21.3 Å². The third-order valence-corrected chi connectivity index (χ3v) is 4.95. The standard InChI is InChI=1S/C24H22N2O4/c1-28-22-11-5-15(12-24(22)30-3)4-9-19-18-8-6-16(13-20(18)26-25-19)17-7-10-21(27)23(14-17)29-2/h4-14,27H,1-3H3,(H,25,26)/b9-4+. The van der Waals surface area contributed by atoms with E-state index in [4.69, 9.17) is 14.2 Å². The van der Waals surface area contributed by atoms with Crippen LogP contribution >= 0.6 is 0 Å². The third-order valence-electron chi connectivity index (χ3n) is 4.95. The first-order chi connectivity index (χ1) is 14.6. The summed E-state index contributed by atoms with van der Waals surface area (Å²) in [4.78, 5) is 0. The minimum Gasteiger partial charge on any atom is -0.504 e. The maximum absolute atomic E-state index is 9.81. The number of H-pyrrole nitrogens is 1. The van der Waals surface area contributed by atoms with E-state index in [2.05, 4.69) is 10.2 Å². The number of phenolic OH excluding ortho intramolecular Hbond substituents is 1. The van der Waals surface area contributed by atoms with Crippen LogP contribution in [0.2, 0.25) is 0 Å². The zero-order valence-corrected chi connectivity index (χ0v) is 17.0. The number of nitrogens with one attached hydrogen (secondary N) is 1. The molecule has 0 saturated carbocycles. The fourth-order valence-corrected chi connectivity index (χ4v) is 3.34. The van der Waals surface area contributed by atoms with Crippen LogP contribution < -0.4 is 14.2 Å². The van der Waals surface area contributed by atoms with Crippen LogP contribution in [0.25, 0.3) is 34.2 Å². The van der Waals surface area contributed by atoms with Crippen molar-refractivity contribution in [3.05, 3.63) is 65.9 Å². The van der Waals surface area contributed by atoms with Crippen molar-refractivity contribution < 1.29 is 19.3 Å². The molecule has 0 spiro atoms. The van der Waals surface area contributed by atoms with Crippen LogP contribution in [0.1, 0.15) is 11.3 Å². The molecular formula is C24H22N2O4. The average Bonchev–Trinajstić information content (AvgIpc) is 3.20. The van der Waals surface area contributed by atoms with E-state index in [0.29, 0.717) is 17.2 Å². The van der Waals surface area contributed by atoms with Gasteiger partial charge < -0.3 is 19.3 Å². The van der Waals surface area contributed by atoms with Crippen molar-refractivity contribution in [3.8, 4) is 34.1 Å². The smallest absolute Gasteiger partial charge is 0.161 e. The first-order valence-electron chi connectivity index (χ1n) is 9.38. The van der Waals surface area contributed by atoms with Gasteiger partial charge in [-0.15, -0.1) is 0 Å². The number of hydrogen-bond acceptors (Lipinski definition) is 5. The number of aromatic hydroxyl groups is 1. The first kappa shape index (κ1) is 19.4. The highest BCUT2D eigenvalue weighted by molar-refractivity contribution is 5.92. The van der Waals surface area contributed by atoms with E-state index in [-0.39, 0.29) is 5.75 Å². The van der Waals surface area contributed by atoms with Crippen molar-refractivity contribution in [2.24, 2.45) is 0 Å². The summed E-state index contributed by atoms with van der Waals surface area (Å²) in [5.74, 6) is 1.93. The van der Waals surface area contributed by atoms with Crippen molar-refractivity contribution in [1.82, 2.24) is 10.2 Å². The summed E-state index contributed by atoms with van der Waals surface area (Å²) in [6.45, 7) is 0. The summed E-state index contributed by atoms with van der Waals surface area (Å²) in [5.41, 5.74) is 4.70. The lowest BCUT2D eigenvalue weighted by Crippen LogP contribution is -1.90. The Balaban J connectivity index is 1.64.